The Kier molecular flexibility index (Phi) is 5.23. The zero-order valence-corrected chi connectivity index (χ0v) is 14.8. The highest BCUT2D eigenvalue weighted by atomic mass is 19.1. The average molecular weight is 374 g/mol. The summed E-state index contributed by atoms with van der Waals surface area (Å²) in [6, 6.07) is 9.61. The molecule has 0 bridgehead atoms. The van der Waals surface area contributed by atoms with Gasteiger partial charge in [0.25, 0.3) is 5.91 Å². The number of aliphatic hydroxyl groups is 1. The molecule has 0 aliphatic carbocycles. The van der Waals surface area contributed by atoms with Crippen molar-refractivity contribution >= 4 is 17.5 Å². The van der Waals surface area contributed by atoms with Crippen molar-refractivity contribution in [3.05, 3.63) is 65.2 Å². The smallest absolute Gasteiger partial charge is 0.257 e. The molecule has 0 saturated carbocycles. The molecule has 0 radical (unpaired) electrons. The highest BCUT2D eigenvalue weighted by Crippen LogP contribution is 2.28. The molecule has 1 aliphatic heterocycles. The Morgan fingerprint density at radius 3 is 2.56 bits per heavy atom. The largest absolute Gasteiger partial charge is 0.388 e. The van der Waals surface area contributed by atoms with Crippen LogP contribution in [0.5, 0.6) is 0 Å². The van der Waals surface area contributed by atoms with E-state index in [1.54, 1.807) is 12.1 Å². The summed E-state index contributed by atoms with van der Waals surface area (Å²) in [5.74, 6) is -1.92. The van der Waals surface area contributed by atoms with Gasteiger partial charge >= 0.3 is 0 Å². The molecule has 2 aromatic carbocycles. The van der Waals surface area contributed by atoms with E-state index in [9.17, 15) is 23.5 Å². The number of carbonyl (C=O) groups is 2. The first-order valence-corrected chi connectivity index (χ1v) is 8.59. The number of rotatable bonds is 4. The summed E-state index contributed by atoms with van der Waals surface area (Å²) in [5.41, 5.74) is -0.230. The van der Waals surface area contributed by atoms with Crippen LogP contribution in [0.4, 0.5) is 14.5 Å². The van der Waals surface area contributed by atoms with E-state index in [0.717, 1.165) is 11.6 Å². The Labute approximate surface area is 155 Å². The fraction of sp³-hybridized carbons (Fsp3) is 0.300. The second-order valence-electron chi connectivity index (χ2n) is 6.88. The fourth-order valence-corrected chi connectivity index (χ4v) is 3.30. The Morgan fingerprint density at radius 1 is 1.19 bits per heavy atom. The zero-order valence-electron chi connectivity index (χ0n) is 14.8. The maximum absolute atomic E-state index is 14.1. The van der Waals surface area contributed by atoms with Gasteiger partial charge in [-0.1, -0.05) is 12.1 Å². The van der Waals surface area contributed by atoms with Crippen LogP contribution in [0.2, 0.25) is 0 Å². The monoisotopic (exact) mass is 374 g/mol. The molecule has 0 aromatic heterocycles. The van der Waals surface area contributed by atoms with Gasteiger partial charge in [-0.05, 0) is 42.3 Å². The third-order valence-corrected chi connectivity index (χ3v) is 4.58. The molecular formula is C20H20F2N2O3. The van der Waals surface area contributed by atoms with Crippen molar-refractivity contribution in [2.75, 3.05) is 18.4 Å². The molecule has 3 rings (SSSR count). The SMILES string of the molecule is CC(=O)Nc1ccc(F)c(C(=O)N2CCC(O)(Cc3ccc(F)cc3)C2)c1. The topological polar surface area (TPSA) is 69.6 Å². The van der Waals surface area contributed by atoms with Gasteiger partial charge in [0.1, 0.15) is 11.6 Å². The van der Waals surface area contributed by atoms with Gasteiger partial charge in [-0.3, -0.25) is 9.59 Å². The van der Waals surface area contributed by atoms with Gasteiger partial charge in [-0.2, -0.15) is 0 Å². The standard InChI is InChI=1S/C20H20F2N2O3/c1-13(25)23-16-6-7-18(22)17(10-16)19(26)24-9-8-20(27,12-24)11-14-2-4-15(21)5-3-14/h2-7,10,27H,8-9,11-12H2,1H3,(H,23,25). The highest BCUT2D eigenvalue weighted by molar-refractivity contribution is 5.97. The summed E-state index contributed by atoms with van der Waals surface area (Å²) in [7, 11) is 0. The first-order valence-electron chi connectivity index (χ1n) is 8.59. The third-order valence-electron chi connectivity index (χ3n) is 4.58. The van der Waals surface area contributed by atoms with Crippen LogP contribution in [0.25, 0.3) is 0 Å². The van der Waals surface area contributed by atoms with Crippen LogP contribution in [-0.2, 0) is 11.2 Å². The number of β-amino-alcohol motifs (C(OH)–C–C–N with tert-alkyl or cyclic N) is 1. The molecule has 27 heavy (non-hydrogen) atoms. The van der Waals surface area contributed by atoms with Gasteiger partial charge in [0.2, 0.25) is 5.91 Å². The van der Waals surface area contributed by atoms with Crippen molar-refractivity contribution in [3.8, 4) is 0 Å². The van der Waals surface area contributed by atoms with Gasteiger partial charge in [0.15, 0.2) is 0 Å². The van der Waals surface area contributed by atoms with E-state index in [1.807, 2.05) is 0 Å². The molecule has 1 saturated heterocycles. The first-order chi connectivity index (χ1) is 12.8. The average Bonchev–Trinajstić information content (AvgIpc) is 3.00. The molecule has 2 amide bonds. The van der Waals surface area contributed by atoms with Gasteiger partial charge in [0.05, 0.1) is 17.7 Å². The molecule has 2 N–H and O–H groups in total. The number of hydrogen-bond acceptors (Lipinski definition) is 3. The third kappa shape index (κ3) is 4.49. The van der Waals surface area contributed by atoms with E-state index in [1.165, 1.54) is 36.1 Å². The van der Waals surface area contributed by atoms with E-state index < -0.39 is 17.3 Å². The van der Waals surface area contributed by atoms with Gasteiger partial charge < -0.3 is 15.3 Å². The van der Waals surface area contributed by atoms with Crippen LogP contribution in [0.1, 0.15) is 29.3 Å². The van der Waals surface area contributed by atoms with Gasteiger partial charge in [-0.25, -0.2) is 8.78 Å². The molecule has 1 unspecified atom stereocenters. The maximum atomic E-state index is 14.1. The molecule has 1 heterocycles. The summed E-state index contributed by atoms with van der Waals surface area (Å²) in [5, 5.41) is 13.3. The molecule has 5 nitrogen and oxygen atoms in total. The van der Waals surface area contributed by atoms with Gasteiger partial charge in [-0.15, -0.1) is 0 Å². The van der Waals surface area contributed by atoms with Crippen LogP contribution in [0, 0.1) is 11.6 Å². The number of nitrogens with one attached hydrogen (secondary N) is 1. The predicted octanol–water partition coefficient (Wildman–Crippen LogP) is 2.74. The van der Waals surface area contributed by atoms with Crippen LogP contribution in [0.15, 0.2) is 42.5 Å². The lowest BCUT2D eigenvalue weighted by Crippen LogP contribution is -2.38. The van der Waals surface area contributed by atoms with E-state index in [4.69, 9.17) is 0 Å². The Bertz CT molecular complexity index is 870. The number of likely N-dealkylation sites (tertiary alicyclic amines) is 1. The van der Waals surface area contributed by atoms with Crippen molar-refractivity contribution in [1.82, 2.24) is 4.90 Å². The number of anilines is 1. The normalized spacial score (nSPS) is 19.2. The number of benzene rings is 2. The summed E-state index contributed by atoms with van der Waals surface area (Å²) in [4.78, 5) is 25.3. The number of nitrogens with zero attached hydrogens (tertiary/aromatic N) is 1. The van der Waals surface area contributed by atoms with Crippen molar-refractivity contribution in [2.24, 2.45) is 0 Å². The van der Waals surface area contributed by atoms with E-state index >= 15 is 0 Å². The Hall–Kier alpha value is -2.80. The lowest BCUT2D eigenvalue weighted by molar-refractivity contribution is -0.114. The van der Waals surface area contributed by atoms with Crippen LogP contribution >= 0.6 is 0 Å². The number of amides is 2. The molecule has 7 heteroatoms. The first kappa shape index (κ1) is 19.0. The fourth-order valence-electron chi connectivity index (χ4n) is 3.30. The van der Waals surface area contributed by atoms with Crippen LogP contribution < -0.4 is 5.32 Å². The summed E-state index contributed by atoms with van der Waals surface area (Å²) >= 11 is 0. The summed E-state index contributed by atoms with van der Waals surface area (Å²) in [6.45, 7) is 1.65. The number of halogens is 2. The molecule has 0 spiro atoms. The minimum Gasteiger partial charge on any atom is -0.388 e. The summed E-state index contributed by atoms with van der Waals surface area (Å²) in [6.07, 6.45) is 0.606. The minimum absolute atomic E-state index is 0.0486. The molecule has 1 aliphatic rings. The molecule has 1 atom stereocenters. The summed E-state index contributed by atoms with van der Waals surface area (Å²) < 4.78 is 27.2. The second kappa shape index (κ2) is 7.44. The lowest BCUT2D eigenvalue weighted by atomic mass is 9.94. The Morgan fingerprint density at radius 2 is 1.89 bits per heavy atom. The molecular weight excluding hydrogens is 354 g/mol. The molecule has 1 fully saturated rings. The predicted molar refractivity (Wildman–Crippen MR) is 96.3 cm³/mol. The van der Waals surface area contributed by atoms with E-state index in [0.29, 0.717) is 12.1 Å². The maximum Gasteiger partial charge on any atom is 0.257 e. The van der Waals surface area contributed by atoms with Crippen molar-refractivity contribution in [3.63, 3.8) is 0 Å². The van der Waals surface area contributed by atoms with E-state index in [2.05, 4.69) is 5.32 Å². The highest BCUT2D eigenvalue weighted by Gasteiger charge is 2.39. The zero-order chi connectivity index (χ0) is 19.6. The van der Waals surface area contributed by atoms with E-state index in [-0.39, 0.29) is 36.8 Å². The molecule has 142 valence electrons. The van der Waals surface area contributed by atoms with Crippen LogP contribution in [-0.4, -0.2) is 40.5 Å². The van der Waals surface area contributed by atoms with Crippen LogP contribution in [0.3, 0.4) is 0 Å². The van der Waals surface area contributed by atoms with Crippen molar-refractivity contribution in [2.45, 2.75) is 25.4 Å². The van der Waals surface area contributed by atoms with Crippen molar-refractivity contribution in [1.29, 1.82) is 0 Å². The quantitative estimate of drug-likeness (QED) is 0.865. The minimum atomic E-state index is -1.15. The van der Waals surface area contributed by atoms with Gasteiger partial charge in [0, 0.05) is 25.6 Å². The molecule has 2 aromatic rings. The van der Waals surface area contributed by atoms with Crippen molar-refractivity contribution < 1.29 is 23.5 Å². The number of hydrogen-bond donors (Lipinski definition) is 2. The Balaban J connectivity index is 1.73. The lowest BCUT2D eigenvalue weighted by Gasteiger charge is -2.24. The number of carbonyl (C=O) groups excluding carboxylic acids is 2. The second-order valence-corrected chi connectivity index (χ2v) is 6.88.